The molecule has 0 fully saturated rings. The number of Topliss-reactive ketones (excluding diaryl/α,β-unsaturated/α-hetero) is 1. The highest BCUT2D eigenvalue weighted by Gasteiger charge is 2.45. The van der Waals surface area contributed by atoms with Crippen molar-refractivity contribution in [3.05, 3.63) is 47.0 Å². The summed E-state index contributed by atoms with van der Waals surface area (Å²) < 4.78 is 34.1. The van der Waals surface area contributed by atoms with E-state index in [-0.39, 0.29) is 22.6 Å². The number of ether oxygens (including phenoxy) is 4. The van der Waals surface area contributed by atoms with Crippen LogP contribution in [0.15, 0.2) is 30.3 Å². The predicted molar refractivity (Wildman–Crippen MR) is 110 cm³/mol. The SMILES string of the molecule is COc1cc(C)cc(OC)c1C(=O)C(C)[P+](=O)C(=O)c1c(OC)cccc1OC. The number of carbonyl (C=O) groups is 2. The fourth-order valence-corrected chi connectivity index (χ4v) is 4.08. The average molecular weight is 419 g/mol. The second-order valence-corrected chi connectivity index (χ2v) is 8.09. The lowest BCUT2D eigenvalue weighted by atomic mass is 10.0. The van der Waals surface area contributed by atoms with E-state index in [0.717, 1.165) is 5.56 Å². The molecule has 0 amide bonds. The van der Waals surface area contributed by atoms with Crippen LogP contribution < -0.4 is 18.9 Å². The van der Waals surface area contributed by atoms with Crippen molar-refractivity contribution in [1.29, 1.82) is 0 Å². The Labute approximate surface area is 170 Å². The molecule has 0 aliphatic carbocycles. The molecule has 0 N–H and O–H groups in total. The van der Waals surface area contributed by atoms with Gasteiger partial charge in [-0.15, -0.1) is 0 Å². The van der Waals surface area contributed by atoms with Crippen molar-refractivity contribution in [3.63, 3.8) is 0 Å². The van der Waals surface area contributed by atoms with E-state index in [0.29, 0.717) is 11.5 Å². The maximum atomic E-state index is 13.1. The van der Waals surface area contributed by atoms with Gasteiger partial charge in [-0.25, -0.2) is 4.79 Å². The number of aryl methyl sites for hydroxylation is 1. The molecule has 0 saturated carbocycles. The van der Waals surface area contributed by atoms with Gasteiger partial charge in [-0.1, -0.05) is 10.6 Å². The van der Waals surface area contributed by atoms with Gasteiger partial charge in [-0.2, -0.15) is 0 Å². The van der Waals surface area contributed by atoms with E-state index < -0.39 is 24.8 Å². The number of rotatable bonds is 9. The van der Waals surface area contributed by atoms with E-state index in [2.05, 4.69) is 0 Å². The average Bonchev–Trinajstić information content (AvgIpc) is 2.75. The molecule has 8 heteroatoms. The summed E-state index contributed by atoms with van der Waals surface area (Å²) in [5, 5.41) is 0. The molecule has 0 bridgehead atoms. The lowest BCUT2D eigenvalue weighted by molar-refractivity contribution is 0.0976. The Kier molecular flexibility index (Phi) is 7.35. The summed E-state index contributed by atoms with van der Waals surface area (Å²) in [5.74, 6) is 0.529. The first-order chi connectivity index (χ1) is 13.8. The zero-order valence-corrected chi connectivity index (χ0v) is 18.2. The van der Waals surface area contributed by atoms with Crippen molar-refractivity contribution in [2.45, 2.75) is 19.5 Å². The molecule has 0 aliphatic heterocycles. The molecule has 154 valence electrons. The highest BCUT2D eigenvalue weighted by atomic mass is 31.1. The van der Waals surface area contributed by atoms with Crippen LogP contribution in [0.25, 0.3) is 0 Å². The summed E-state index contributed by atoms with van der Waals surface area (Å²) in [6, 6.07) is 8.15. The first kappa shape index (κ1) is 22.4. The van der Waals surface area contributed by atoms with Crippen molar-refractivity contribution in [1.82, 2.24) is 0 Å². The van der Waals surface area contributed by atoms with Gasteiger partial charge in [-0.3, -0.25) is 4.79 Å². The predicted octanol–water partition coefficient (Wildman–Crippen LogP) is 4.27. The Hall–Kier alpha value is -2.92. The smallest absolute Gasteiger partial charge is 0.431 e. The monoisotopic (exact) mass is 419 g/mol. The third kappa shape index (κ3) is 4.40. The topological polar surface area (TPSA) is 88.1 Å². The van der Waals surface area contributed by atoms with E-state index in [1.54, 1.807) is 30.3 Å². The molecule has 2 aromatic rings. The number of ketones is 1. The Morgan fingerprint density at radius 2 is 1.28 bits per heavy atom. The van der Waals surface area contributed by atoms with Gasteiger partial charge in [-0.05, 0) is 43.7 Å². The molecule has 2 atom stereocenters. The zero-order valence-electron chi connectivity index (χ0n) is 17.3. The molecular weight excluding hydrogens is 395 g/mol. The van der Waals surface area contributed by atoms with Crippen molar-refractivity contribution < 1.29 is 33.1 Å². The van der Waals surface area contributed by atoms with Gasteiger partial charge >= 0.3 is 13.3 Å². The van der Waals surface area contributed by atoms with Crippen molar-refractivity contribution in [2.24, 2.45) is 0 Å². The number of methoxy groups -OCH3 is 4. The summed E-state index contributed by atoms with van der Waals surface area (Å²) >= 11 is 0. The highest BCUT2D eigenvalue weighted by Crippen LogP contribution is 2.43. The molecule has 0 spiro atoms. The van der Waals surface area contributed by atoms with Gasteiger partial charge in [0.25, 0.3) is 0 Å². The molecule has 0 radical (unpaired) electrons. The minimum Gasteiger partial charge on any atom is -0.496 e. The lowest BCUT2D eigenvalue weighted by Gasteiger charge is -2.14. The van der Waals surface area contributed by atoms with E-state index >= 15 is 0 Å². The minimum absolute atomic E-state index is 0.0427. The first-order valence-electron chi connectivity index (χ1n) is 8.79. The Bertz CT molecular complexity index is 905. The summed E-state index contributed by atoms with van der Waals surface area (Å²) in [6.07, 6.45) is 0. The molecule has 2 aromatic carbocycles. The molecule has 0 aliphatic rings. The van der Waals surface area contributed by atoms with E-state index in [1.165, 1.54) is 35.4 Å². The molecule has 0 heterocycles. The number of benzene rings is 2. The zero-order chi connectivity index (χ0) is 21.7. The molecular formula is C21H24O7P+. The molecule has 7 nitrogen and oxygen atoms in total. The lowest BCUT2D eigenvalue weighted by Crippen LogP contribution is -2.18. The van der Waals surface area contributed by atoms with Gasteiger partial charge in [0.2, 0.25) is 11.4 Å². The highest BCUT2D eigenvalue weighted by molar-refractivity contribution is 7.66. The first-order valence-corrected chi connectivity index (χ1v) is 10.1. The van der Waals surface area contributed by atoms with E-state index in [9.17, 15) is 14.2 Å². The third-order valence-electron chi connectivity index (χ3n) is 4.47. The maximum absolute atomic E-state index is 13.1. The number of carbonyl (C=O) groups excluding carboxylic acids is 2. The van der Waals surface area contributed by atoms with Crippen LogP contribution in [0.4, 0.5) is 0 Å². The Balaban J connectivity index is 2.46. The standard InChI is InChI=1S/C21H24O7P/c1-12-10-16(27-5)18(17(11-12)28-6)20(22)13(2)29(24)21(23)19-14(25-3)8-7-9-15(19)26-4/h7-11,13H,1-6H3/q+1. The fourth-order valence-electron chi connectivity index (χ4n) is 2.95. The summed E-state index contributed by atoms with van der Waals surface area (Å²) in [4.78, 5) is 26.1. The van der Waals surface area contributed by atoms with Crippen LogP contribution in [0, 0.1) is 6.92 Å². The maximum Gasteiger partial charge on any atom is 0.431 e. The second kappa shape index (κ2) is 9.52. The molecule has 0 aromatic heterocycles. The van der Waals surface area contributed by atoms with Crippen LogP contribution >= 0.6 is 7.80 Å². The summed E-state index contributed by atoms with van der Waals surface area (Å²) in [6.45, 7) is 3.28. The van der Waals surface area contributed by atoms with Crippen LogP contribution in [0.1, 0.15) is 33.2 Å². The largest absolute Gasteiger partial charge is 0.496 e. The summed E-state index contributed by atoms with van der Waals surface area (Å²) in [7, 11) is 3.02. The second-order valence-electron chi connectivity index (χ2n) is 6.25. The van der Waals surface area contributed by atoms with Crippen LogP contribution in [0.2, 0.25) is 0 Å². The molecule has 2 rings (SSSR count). The molecule has 29 heavy (non-hydrogen) atoms. The van der Waals surface area contributed by atoms with Gasteiger partial charge in [0, 0.05) is 0 Å². The summed E-state index contributed by atoms with van der Waals surface area (Å²) in [5.41, 5.74) is -0.808. The van der Waals surface area contributed by atoms with Crippen molar-refractivity contribution in [3.8, 4) is 23.0 Å². The van der Waals surface area contributed by atoms with Gasteiger partial charge in [0.15, 0.2) is 5.56 Å². The quantitative estimate of drug-likeness (QED) is 0.443. The van der Waals surface area contributed by atoms with E-state index in [4.69, 9.17) is 18.9 Å². The molecule has 0 saturated heterocycles. The number of hydrogen-bond acceptors (Lipinski definition) is 7. The fraction of sp³-hybridized carbons (Fsp3) is 0.333. The van der Waals surface area contributed by atoms with Crippen LogP contribution in [0.5, 0.6) is 23.0 Å². The van der Waals surface area contributed by atoms with Crippen LogP contribution in [-0.4, -0.2) is 45.4 Å². The normalized spacial score (nSPS) is 12.0. The van der Waals surface area contributed by atoms with Crippen LogP contribution in [-0.2, 0) is 4.57 Å². The van der Waals surface area contributed by atoms with Crippen molar-refractivity contribution in [2.75, 3.05) is 28.4 Å². The Morgan fingerprint density at radius 1 is 0.828 bits per heavy atom. The van der Waals surface area contributed by atoms with Crippen LogP contribution in [0.3, 0.4) is 0 Å². The van der Waals surface area contributed by atoms with Crippen molar-refractivity contribution >= 4 is 19.1 Å². The van der Waals surface area contributed by atoms with Gasteiger partial charge < -0.3 is 18.9 Å². The number of hydrogen-bond donors (Lipinski definition) is 0. The van der Waals surface area contributed by atoms with Gasteiger partial charge in [0.05, 0.1) is 28.4 Å². The minimum atomic E-state index is -2.64. The Morgan fingerprint density at radius 3 is 1.69 bits per heavy atom. The third-order valence-corrected chi connectivity index (χ3v) is 6.03. The molecule has 2 unspecified atom stereocenters. The van der Waals surface area contributed by atoms with Gasteiger partial charge in [0.1, 0.15) is 28.6 Å². The van der Waals surface area contributed by atoms with E-state index in [1.807, 2.05) is 6.92 Å².